The molecule has 0 radical (unpaired) electrons. The second kappa shape index (κ2) is 9.17. The van der Waals surface area contributed by atoms with Gasteiger partial charge in [-0.15, -0.1) is 11.3 Å². The summed E-state index contributed by atoms with van der Waals surface area (Å²) in [5.41, 5.74) is 1.56. The number of methoxy groups -OCH3 is 2. The first-order valence-electron chi connectivity index (χ1n) is 8.43. The van der Waals surface area contributed by atoms with E-state index in [1.807, 2.05) is 18.2 Å². The Morgan fingerprint density at radius 3 is 2.70 bits per heavy atom. The molecule has 0 aliphatic rings. The maximum Gasteiger partial charge on any atom is 0.160 e. The second-order valence-corrected chi connectivity index (χ2v) is 7.35. The van der Waals surface area contributed by atoms with Gasteiger partial charge in [-0.1, -0.05) is 23.7 Å². The SMILES string of the molecule is COc1ccc(CCNCc2ncc(-c3c(F)cccc3Cl)s2)cc1OC. The van der Waals surface area contributed by atoms with Crippen LogP contribution in [0.25, 0.3) is 10.4 Å². The van der Waals surface area contributed by atoms with Gasteiger partial charge in [0.15, 0.2) is 11.5 Å². The molecule has 0 bridgehead atoms. The highest BCUT2D eigenvalue weighted by Crippen LogP contribution is 2.34. The molecule has 1 N–H and O–H groups in total. The van der Waals surface area contributed by atoms with Gasteiger partial charge in [0, 0.05) is 18.3 Å². The van der Waals surface area contributed by atoms with E-state index < -0.39 is 0 Å². The third-order valence-electron chi connectivity index (χ3n) is 4.08. The van der Waals surface area contributed by atoms with Gasteiger partial charge in [-0.3, -0.25) is 0 Å². The summed E-state index contributed by atoms with van der Waals surface area (Å²) < 4.78 is 24.6. The quantitative estimate of drug-likeness (QED) is 0.537. The molecule has 2 aromatic carbocycles. The Balaban J connectivity index is 1.55. The molecular weight excluding hydrogens is 387 g/mol. The van der Waals surface area contributed by atoms with Gasteiger partial charge < -0.3 is 14.8 Å². The monoisotopic (exact) mass is 406 g/mol. The van der Waals surface area contributed by atoms with Crippen LogP contribution in [0, 0.1) is 5.82 Å². The van der Waals surface area contributed by atoms with Crippen LogP contribution in [0.1, 0.15) is 10.6 Å². The molecule has 1 heterocycles. The molecule has 7 heteroatoms. The number of hydrogen-bond donors (Lipinski definition) is 1. The molecule has 0 aliphatic carbocycles. The molecule has 27 heavy (non-hydrogen) atoms. The first-order chi connectivity index (χ1) is 13.1. The molecule has 0 aliphatic heterocycles. The van der Waals surface area contributed by atoms with Crippen LogP contribution in [0.2, 0.25) is 5.02 Å². The van der Waals surface area contributed by atoms with Crippen molar-refractivity contribution in [3.63, 3.8) is 0 Å². The van der Waals surface area contributed by atoms with Crippen LogP contribution in [0.3, 0.4) is 0 Å². The average molecular weight is 407 g/mol. The number of hydrogen-bond acceptors (Lipinski definition) is 5. The van der Waals surface area contributed by atoms with Crippen molar-refractivity contribution in [1.29, 1.82) is 0 Å². The molecule has 1 aromatic heterocycles. The minimum absolute atomic E-state index is 0.334. The van der Waals surface area contributed by atoms with Crippen molar-refractivity contribution >= 4 is 22.9 Å². The number of benzene rings is 2. The fraction of sp³-hybridized carbons (Fsp3) is 0.250. The Labute approximate surface area is 166 Å². The van der Waals surface area contributed by atoms with Gasteiger partial charge in [0.2, 0.25) is 0 Å². The lowest BCUT2D eigenvalue weighted by atomic mass is 10.1. The maximum atomic E-state index is 14.0. The molecule has 0 atom stereocenters. The van der Waals surface area contributed by atoms with Gasteiger partial charge >= 0.3 is 0 Å². The van der Waals surface area contributed by atoms with Gasteiger partial charge in [0.05, 0.1) is 24.1 Å². The van der Waals surface area contributed by atoms with Crippen LogP contribution < -0.4 is 14.8 Å². The molecule has 0 saturated carbocycles. The van der Waals surface area contributed by atoms with Crippen LogP contribution in [0.4, 0.5) is 4.39 Å². The molecule has 3 aromatic rings. The normalized spacial score (nSPS) is 10.8. The molecule has 0 saturated heterocycles. The molecule has 0 spiro atoms. The highest BCUT2D eigenvalue weighted by atomic mass is 35.5. The predicted octanol–water partition coefficient (Wildman–Crippen LogP) is 4.95. The van der Waals surface area contributed by atoms with E-state index >= 15 is 0 Å². The van der Waals surface area contributed by atoms with Crippen LogP contribution >= 0.6 is 22.9 Å². The number of halogens is 2. The number of ether oxygens (including phenoxy) is 2. The van der Waals surface area contributed by atoms with Crippen LogP contribution in [-0.4, -0.2) is 25.7 Å². The van der Waals surface area contributed by atoms with E-state index in [1.165, 1.54) is 17.4 Å². The van der Waals surface area contributed by atoms with Crippen molar-refractivity contribution in [2.24, 2.45) is 0 Å². The van der Waals surface area contributed by atoms with Gasteiger partial charge in [-0.25, -0.2) is 9.37 Å². The number of aromatic nitrogens is 1. The van der Waals surface area contributed by atoms with Gasteiger partial charge in [-0.2, -0.15) is 0 Å². The second-order valence-electron chi connectivity index (χ2n) is 5.83. The Hall–Kier alpha value is -2.15. The largest absolute Gasteiger partial charge is 0.493 e. The lowest BCUT2D eigenvalue weighted by molar-refractivity contribution is 0.354. The summed E-state index contributed by atoms with van der Waals surface area (Å²) in [5.74, 6) is 1.11. The summed E-state index contributed by atoms with van der Waals surface area (Å²) in [6.45, 7) is 1.40. The summed E-state index contributed by atoms with van der Waals surface area (Å²) in [6.07, 6.45) is 2.51. The van der Waals surface area contributed by atoms with Crippen molar-refractivity contribution in [2.45, 2.75) is 13.0 Å². The summed E-state index contributed by atoms with van der Waals surface area (Å²) in [5, 5.41) is 4.64. The lowest BCUT2D eigenvalue weighted by Crippen LogP contribution is -2.16. The molecule has 0 unspecified atom stereocenters. The Bertz CT molecular complexity index is 896. The highest BCUT2D eigenvalue weighted by Gasteiger charge is 2.13. The lowest BCUT2D eigenvalue weighted by Gasteiger charge is -2.09. The van der Waals surface area contributed by atoms with E-state index in [4.69, 9.17) is 21.1 Å². The van der Waals surface area contributed by atoms with Gasteiger partial charge in [0.25, 0.3) is 0 Å². The fourth-order valence-corrected chi connectivity index (χ4v) is 3.97. The first-order valence-corrected chi connectivity index (χ1v) is 9.62. The topological polar surface area (TPSA) is 43.4 Å². The smallest absolute Gasteiger partial charge is 0.160 e. The standard InChI is InChI=1S/C20H20ClFN2O2S/c1-25-16-7-6-13(10-17(16)26-2)8-9-23-12-19-24-11-18(27-19)20-14(21)4-3-5-15(20)22/h3-7,10-11,23H,8-9,12H2,1-2H3. The van der Waals surface area contributed by atoms with E-state index in [0.29, 0.717) is 17.1 Å². The fourth-order valence-electron chi connectivity index (χ4n) is 2.70. The Morgan fingerprint density at radius 2 is 1.96 bits per heavy atom. The summed E-state index contributed by atoms with van der Waals surface area (Å²) in [6, 6.07) is 10.6. The zero-order valence-corrected chi connectivity index (χ0v) is 16.7. The average Bonchev–Trinajstić information content (AvgIpc) is 3.13. The Morgan fingerprint density at radius 1 is 1.15 bits per heavy atom. The van der Waals surface area contributed by atoms with Gasteiger partial charge in [0.1, 0.15) is 10.8 Å². The van der Waals surface area contributed by atoms with Gasteiger partial charge in [-0.05, 0) is 42.8 Å². The summed E-state index contributed by atoms with van der Waals surface area (Å²) in [7, 11) is 3.25. The van der Waals surface area contributed by atoms with E-state index in [-0.39, 0.29) is 5.82 Å². The molecular formula is C20H20ClFN2O2S. The summed E-state index contributed by atoms with van der Waals surface area (Å²) >= 11 is 7.56. The Kier molecular flexibility index (Phi) is 6.66. The maximum absolute atomic E-state index is 14.0. The number of nitrogens with one attached hydrogen (secondary N) is 1. The molecule has 0 fully saturated rings. The minimum atomic E-state index is -0.334. The third-order valence-corrected chi connectivity index (χ3v) is 5.41. The van der Waals surface area contributed by atoms with E-state index in [1.54, 1.807) is 32.5 Å². The summed E-state index contributed by atoms with van der Waals surface area (Å²) in [4.78, 5) is 5.09. The van der Waals surface area contributed by atoms with E-state index in [2.05, 4.69) is 10.3 Å². The molecule has 142 valence electrons. The molecule has 0 amide bonds. The van der Waals surface area contributed by atoms with Crippen molar-refractivity contribution in [3.05, 3.63) is 64.0 Å². The van der Waals surface area contributed by atoms with Crippen LogP contribution in [0.15, 0.2) is 42.6 Å². The van der Waals surface area contributed by atoms with Crippen LogP contribution in [0.5, 0.6) is 11.5 Å². The van der Waals surface area contributed by atoms with Crippen molar-refractivity contribution in [2.75, 3.05) is 20.8 Å². The van der Waals surface area contributed by atoms with E-state index in [9.17, 15) is 4.39 Å². The molecule has 4 nitrogen and oxygen atoms in total. The van der Waals surface area contributed by atoms with Crippen LogP contribution in [-0.2, 0) is 13.0 Å². The number of rotatable bonds is 8. The molecule has 3 rings (SSSR count). The van der Waals surface area contributed by atoms with Crippen molar-refractivity contribution in [3.8, 4) is 21.9 Å². The van der Waals surface area contributed by atoms with Crippen molar-refractivity contribution < 1.29 is 13.9 Å². The van der Waals surface area contributed by atoms with E-state index in [0.717, 1.165) is 39.9 Å². The predicted molar refractivity (Wildman–Crippen MR) is 107 cm³/mol. The third kappa shape index (κ3) is 4.77. The first kappa shape index (κ1) is 19.6. The van der Waals surface area contributed by atoms with Crippen molar-refractivity contribution in [1.82, 2.24) is 10.3 Å². The highest BCUT2D eigenvalue weighted by molar-refractivity contribution is 7.15. The zero-order chi connectivity index (χ0) is 19.2. The number of thiazole rings is 1. The number of nitrogens with zero attached hydrogens (tertiary/aromatic N) is 1. The minimum Gasteiger partial charge on any atom is -0.493 e. The zero-order valence-electron chi connectivity index (χ0n) is 15.1.